The first-order valence-corrected chi connectivity index (χ1v) is 4.82. The molecule has 5 nitrogen and oxygen atoms in total. The van der Waals surface area contributed by atoms with Crippen molar-refractivity contribution in [2.45, 2.75) is 6.61 Å². The van der Waals surface area contributed by atoms with Gasteiger partial charge in [-0.3, -0.25) is 5.10 Å². The number of hydrogen-bond acceptors (Lipinski definition) is 4. The maximum absolute atomic E-state index is 9.76. The van der Waals surface area contributed by atoms with Crippen molar-refractivity contribution in [3.8, 4) is 16.9 Å². The number of benzene rings is 1. The smallest absolute Gasteiger partial charge is 0.126 e. The van der Waals surface area contributed by atoms with Crippen molar-refractivity contribution in [1.82, 2.24) is 10.2 Å². The third-order valence-corrected chi connectivity index (χ3v) is 2.36. The first-order valence-electron chi connectivity index (χ1n) is 4.82. The number of hydrogen-bond donors (Lipinski definition) is 3. The summed E-state index contributed by atoms with van der Waals surface area (Å²) in [7, 11) is 1.58. The van der Waals surface area contributed by atoms with Crippen molar-refractivity contribution in [3.63, 3.8) is 0 Å². The van der Waals surface area contributed by atoms with Gasteiger partial charge < -0.3 is 15.6 Å². The van der Waals surface area contributed by atoms with E-state index < -0.39 is 0 Å². The van der Waals surface area contributed by atoms with E-state index in [2.05, 4.69) is 10.2 Å². The standard InChI is InChI=1S/C11H13N3O2/c1-16-6-8-3-2-7(4-10(8)15)9-5-13-14-11(9)12/h2-5,15H,6H2,1H3,(H3,12,13,14). The van der Waals surface area contributed by atoms with Crippen molar-refractivity contribution in [3.05, 3.63) is 30.0 Å². The molecule has 0 unspecified atom stereocenters. The Hall–Kier alpha value is -2.01. The molecule has 0 fully saturated rings. The summed E-state index contributed by atoms with van der Waals surface area (Å²) in [5, 5.41) is 16.2. The number of aromatic nitrogens is 2. The van der Waals surface area contributed by atoms with E-state index in [4.69, 9.17) is 10.5 Å². The van der Waals surface area contributed by atoms with Gasteiger partial charge in [-0.25, -0.2) is 0 Å². The second kappa shape index (κ2) is 4.24. The highest BCUT2D eigenvalue weighted by Gasteiger charge is 2.07. The van der Waals surface area contributed by atoms with Gasteiger partial charge in [0.15, 0.2) is 0 Å². The number of anilines is 1. The van der Waals surface area contributed by atoms with Gasteiger partial charge in [-0.1, -0.05) is 12.1 Å². The lowest BCUT2D eigenvalue weighted by atomic mass is 10.1. The Morgan fingerprint density at radius 2 is 2.31 bits per heavy atom. The lowest BCUT2D eigenvalue weighted by Crippen LogP contribution is -1.90. The molecule has 0 saturated carbocycles. The number of phenols is 1. The van der Waals surface area contributed by atoms with E-state index in [9.17, 15) is 5.11 Å². The Balaban J connectivity index is 2.38. The second-order valence-corrected chi connectivity index (χ2v) is 3.47. The van der Waals surface area contributed by atoms with E-state index in [0.29, 0.717) is 12.4 Å². The summed E-state index contributed by atoms with van der Waals surface area (Å²) in [5.74, 6) is 0.679. The van der Waals surface area contributed by atoms with Gasteiger partial charge in [-0.15, -0.1) is 0 Å². The highest BCUT2D eigenvalue weighted by atomic mass is 16.5. The summed E-state index contributed by atoms with van der Waals surface area (Å²) in [4.78, 5) is 0. The maximum Gasteiger partial charge on any atom is 0.126 e. The Kier molecular flexibility index (Phi) is 2.78. The first kappa shape index (κ1) is 10.5. The van der Waals surface area contributed by atoms with Crippen LogP contribution in [0.4, 0.5) is 5.82 Å². The molecule has 2 rings (SSSR count). The van der Waals surface area contributed by atoms with Gasteiger partial charge in [0.1, 0.15) is 11.6 Å². The van der Waals surface area contributed by atoms with Crippen LogP contribution >= 0.6 is 0 Å². The van der Waals surface area contributed by atoms with Crippen molar-refractivity contribution in [2.24, 2.45) is 0 Å². The largest absolute Gasteiger partial charge is 0.508 e. The average Bonchev–Trinajstić information content (AvgIpc) is 2.68. The highest BCUT2D eigenvalue weighted by Crippen LogP contribution is 2.29. The van der Waals surface area contributed by atoms with E-state index in [-0.39, 0.29) is 5.75 Å². The fourth-order valence-corrected chi connectivity index (χ4v) is 1.54. The van der Waals surface area contributed by atoms with Crippen LogP contribution in [0.3, 0.4) is 0 Å². The van der Waals surface area contributed by atoms with Gasteiger partial charge in [0.2, 0.25) is 0 Å². The molecule has 0 saturated heterocycles. The highest BCUT2D eigenvalue weighted by molar-refractivity contribution is 5.74. The molecule has 84 valence electrons. The zero-order valence-corrected chi connectivity index (χ0v) is 8.90. The Morgan fingerprint density at radius 3 is 2.88 bits per heavy atom. The molecule has 1 heterocycles. The quantitative estimate of drug-likeness (QED) is 0.730. The third-order valence-electron chi connectivity index (χ3n) is 2.36. The van der Waals surface area contributed by atoms with Gasteiger partial charge >= 0.3 is 0 Å². The molecule has 0 aliphatic rings. The van der Waals surface area contributed by atoms with Gasteiger partial charge in [-0.2, -0.15) is 5.10 Å². The van der Waals surface area contributed by atoms with Crippen LogP contribution in [0.15, 0.2) is 24.4 Å². The average molecular weight is 219 g/mol. The molecule has 0 atom stereocenters. The summed E-state index contributed by atoms with van der Waals surface area (Å²) < 4.78 is 4.96. The Bertz CT molecular complexity index is 494. The molecular formula is C11H13N3O2. The second-order valence-electron chi connectivity index (χ2n) is 3.47. The SMILES string of the molecule is COCc1ccc(-c2cn[nH]c2N)cc1O. The number of nitrogens with one attached hydrogen (secondary N) is 1. The molecule has 5 heteroatoms. The summed E-state index contributed by atoms with van der Waals surface area (Å²) in [5.41, 5.74) is 8.04. The number of nitrogen functional groups attached to an aromatic ring is 1. The number of phenolic OH excluding ortho intramolecular Hbond substituents is 1. The van der Waals surface area contributed by atoms with Gasteiger partial charge in [0.05, 0.1) is 12.8 Å². The van der Waals surface area contributed by atoms with E-state index in [1.165, 1.54) is 0 Å². The molecule has 2 aromatic rings. The molecule has 0 aliphatic heterocycles. The number of rotatable bonds is 3. The van der Waals surface area contributed by atoms with Gasteiger partial charge in [0.25, 0.3) is 0 Å². The van der Waals surface area contributed by atoms with Crippen molar-refractivity contribution < 1.29 is 9.84 Å². The zero-order chi connectivity index (χ0) is 11.5. The molecule has 0 bridgehead atoms. The number of ether oxygens (including phenoxy) is 1. The molecule has 0 radical (unpaired) electrons. The summed E-state index contributed by atoms with van der Waals surface area (Å²) in [6, 6.07) is 5.32. The maximum atomic E-state index is 9.76. The number of aromatic hydroxyl groups is 1. The lowest BCUT2D eigenvalue weighted by Gasteiger charge is -2.05. The molecule has 1 aromatic heterocycles. The van der Waals surface area contributed by atoms with Crippen LogP contribution in [-0.2, 0) is 11.3 Å². The fraction of sp³-hybridized carbons (Fsp3) is 0.182. The molecule has 16 heavy (non-hydrogen) atoms. The van der Waals surface area contributed by atoms with Crippen LogP contribution in [0.1, 0.15) is 5.56 Å². The fourth-order valence-electron chi connectivity index (χ4n) is 1.54. The summed E-state index contributed by atoms with van der Waals surface area (Å²) in [6.45, 7) is 0.382. The van der Waals surface area contributed by atoms with E-state index in [0.717, 1.165) is 16.7 Å². The van der Waals surface area contributed by atoms with Crippen molar-refractivity contribution >= 4 is 5.82 Å². The predicted octanol–water partition coefficient (Wildman–Crippen LogP) is 1.51. The third kappa shape index (κ3) is 1.85. The van der Waals surface area contributed by atoms with Crippen LogP contribution in [-0.4, -0.2) is 22.4 Å². The van der Waals surface area contributed by atoms with Gasteiger partial charge in [-0.05, 0) is 11.6 Å². The topological polar surface area (TPSA) is 84.2 Å². The monoisotopic (exact) mass is 219 g/mol. The van der Waals surface area contributed by atoms with Crippen LogP contribution in [0.25, 0.3) is 11.1 Å². The van der Waals surface area contributed by atoms with Crippen molar-refractivity contribution in [2.75, 3.05) is 12.8 Å². The summed E-state index contributed by atoms with van der Waals surface area (Å²) in [6.07, 6.45) is 1.63. The van der Waals surface area contributed by atoms with Crippen molar-refractivity contribution in [1.29, 1.82) is 0 Å². The van der Waals surface area contributed by atoms with Crippen LogP contribution in [0, 0.1) is 0 Å². The normalized spacial score (nSPS) is 10.6. The Labute approximate surface area is 92.9 Å². The molecule has 4 N–H and O–H groups in total. The molecule has 0 amide bonds. The van der Waals surface area contributed by atoms with E-state index in [1.54, 1.807) is 25.4 Å². The first-order chi connectivity index (χ1) is 7.72. The van der Waals surface area contributed by atoms with E-state index in [1.807, 2.05) is 6.07 Å². The molecule has 0 aliphatic carbocycles. The molecule has 0 spiro atoms. The number of methoxy groups -OCH3 is 1. The lowest BCUT2D eigenvalue weighted by molar-refractivity contribution is 0.182. The Morgan fingerprint density at radius 1 is 1.50 bits per heavy atom. The van der Waals surface area contributed by atoms with Gasteiger partial charge in [0, 0.05) is 18.2 Å². The zero-order valence-electron chi connectivity index (χ0n) is 8.90. The number of nitrogens with two attached hydrogens (primary N) is 1. The minimum Gasteiger partial charge on any atom is -0.508 e. The molecular weight excluding hydrogens is 206 g/mol. The van der Waals surface area contributed by atoms with Crippen LogP contribution in [0.2, 0.25) is 0 Å². The number of H-pyrrole nitrogens is 1. The minimum atomic E-state index is 0.194. The van der Waals surface area contributed by atoms with E-state index >= 15 is 0 Å². The number of aromatic amines is 1. The van der Waals surface area contributed by atoms with Crippen LogP contribution in [0.5, 0.6) is 5.75 Å². The minimum absolute atomic E-state index is 0.194. The summed E-state index contributed by atoms with van der Waals surface area (Å²) >= 11 is 0. The van der Waals surface area contributed by atoms with Crippen LogP contribution < -0.4 is 5.73 Å². The number of nitrogens with zero attached hydrogens (tertiary/aromatic N) is 1. The molecule has 1 aromatic carbocycles. The predicted molar refractivity (Wildman–Crippen MR) is 60.8 cm³/mol.